The van der Waals surface area contributed by atoms with E-state index in [0.29, 0.717) is 11.5 Å². The summed E-state index contributed by atoms with van der Waals surface area (Å²) < 4.78 is 0. The van der Waals surface area contributed by atoms with Gasteiger partial charge in [0.2, 0.25) is 5.91 Å². The van der Waals surface area contributed by atoms with E-state index in [-0.39, 0.29) is 5.91 Å². The number of aromatic amines is 1. The number of carbonyl (C=O) groups is 1. The summed E-state index contributed by atoms with van der Waals surface area (Å²) in [7, 11) is 0. The lowest BCUT2D eigenvalue weighted by Gasteiger charge is -2.10. The molecule has 98 valence electrons. The van der Waals surface area contributed by atoms with E-state index in [4.69, 9.17) is 5.73 Å². The Hall–Kier alpha value is -2.21. The number of aromatic nitrogens is 3. The molecular weight excluding hydrogens is 242 g/mol. The van der Waals surface area contributed by atoms with Gasteiger partial charge in [-0.25, -0.2) is 4.98 Å². The van der Waals surface area contributed by atoms with Crippen LogP contribution in [0.25, 0.3) is 11.4 Å². The molecule has 0 bridgehead atoms. The fraction of sp³-hybridized carbons (Fsp3) is 0.308. The predicted molar refractivity (Wildman–Crippen MR) is 71.3 cm³/mol. The molecule has 1 aliphatic rings. The number of benzene rings is 1. The average Bonchev–Trinajstić information content (AvgIpc) is 2.99. The first-order valence-electron chi connectivity index (χ1n) is 6.17. The van der Waals surface area contributed by atoms with Crippen LogP contribution in [0.15, 0.2) is 24.3 Å². The highest BCUT2D eigenvalue weighted by Crippen LogP contribution is 2.33. The molecular formula is C13H15N5O. The molecule has 6 heteroatoms. The van der Waals surface area contributed by atoms with Crippen LogP contribution < -0.4 is 11.1 Å². The summed E-state index contributed by atoms with van der Waals surface area (Å²) in [4.78, 5) is 16.1. The monoisotopic (exact) mass is 257 g/mol. The highest BCUT2D eigenvalue weighted by molar-refractivity contribution is 6.00. The van der Waals surface area contributed by atoms with E-state index in [1.54, 1.807) is 0 Å². The number of nitrogens with zero attached hydrogens (tertiary/aromatic N) is 2. The standard InChI is InChI=1S/C13H15N5O/c1-8-15-11(18-17-8)9-3-2-4-10(7-9)16-12(19)13(14)5-6-13/h2-4,7H,5-6,14H2,1H3,(H,16,19)(H,15,17,18). The third kappa shape index (κ3) is 2.34. The van der Waals surface area contributed by atoms with E-state index in [0.717, 1.165) is 24.2 Å². The van der Waals surface area contributed by atoms with Crippen molar-refractivity contribution in [1.29, 1.82) is 0 Å². The van der Waals surface area contributed by atoms with E-state index in [2.05, 4.69) is 20.5 Å². The number of carbonyl (C=O) groups excluding carboxylic acids is 1. The summed E-state index contributed by atoms with van der Waals surface area (Å²) in [5, 5.41) is 9.72. The minimum Gasteiger partial charge on any atom is -0.324 e. The lowest BCUT2D eigenvalue weighted by atomic mass is 10.2. The van der Waals surface area contributed by atoms with Gasteiger partial charge in [0.15, 0.2) is 5.82 Å². The summed E-state index contributed by atoms with van der Waals surface area (Å²) in [6.07, 6.45) is 1.50. The minimum absolute atomic E-state index is 0.129. The van der Waals surface area contributed by atoms with E-state index < -0.39 is 5.54 Å². The summed E-state index contributed by atoms with van der Waals surface area (Å²) >= 11 is 0. The Morgan fingerprint density at radius 1 is 1.47 bits per heavy atom. The first-order chi connectivity index (χ1) is 9.07. The first-order valence-corrected chi connectivity index (χ1v) is 6.17. The Morgan fingerprint density at radius 3 is 2.89 bits per heavy atom. The lowest BCUT2D eigenvalue weighted by molar-refractivity contribution is -0.118. The molecule has 4 N–H and O–H groups in total. The maximum Gasteiger partial charge on any atom is 0.244 e. The van der Waals surface area contributed by atoms with Crippen LogP contribution in [0.5, 0.6) is 0 Å². The second kappa shape index (κ2) is 4.17. The van der Waals surface area contributed by atoms with Crippen LogP contribution in [0.2, 0.25) is 0 Å². The molecule has 0 radical (unpaired) electrons. The van der Waals surface area contributed by atoms with E-state index in [1.165, 1.54) is 0 Å². The zero-order chi connectivity index (χ0) is 13.5. The second-order valence-electron chi connectivity index (χ2n) is 4.94. The molecule has 0 unspecified atom stereocenters. The molecule has 1 saturated carbocycles. The van der Waals surface area contributed by atoms with E-state index >= 15 is 0 Å². The molecule has 6 nitrogen and oxygen atoms in total. The minimum atomic E-state index is -0.669. The van der Waals surface area contributed by atoms with Gasteiger partial charge in [0, 0.05) is 11.3 Å². The van der Waals surface area contributed by atoms with Gasteiger partial charge < -0.3 is 11.1 Å². The lowest BCUT2D eigenvalue weighted by Crippen LogP contribution is -2.37. The Morgan fingerprint density at radius 2 is 2.26 bits per heavy atom. The normalized spacial score (nSPS) is 16.1. The Labute approximate surface area is 110 Å². The van der Waals surface area contributed by atoms with Gasteiger partial charge in [0.25, 0.3) is 0 Å². The first kappa shape index (κ1) is 11.9. The van der Waals surface area contributed by atoms with Gasteiger partial charge in [-0.3, -0.25) is 9.89 Å². The molecule has 1 fully saturated rings. The molecule has 0 aliphatic heterocycles. The SMILES string of the molecule is Cc1nc(-c2cccc(NC(=O)C3(N)CC3)c2)n[nH]1. The van der Waals surface area contributed by atoms with Crippen molar-refractivity contribution in [2.45, 2.75) is 25.3 Å². The van der Waals surface area contributed by atoms with Gasteiger partial charge in [0.1, 0.15) is 5.82 Å². The van der Waals surface area contributed by atoms with Crippen molar-refractivity contribution >= 4 is 11.6 Å². The van der Waals surface area contributed by atoms with Gasteiger partial charge in [0.05, 0.1) is 5.54 Å². The maximum atomic E-state index is 11.9. The highest BCUT2D eigenvalue weighted by Gasteiger charge is 2.45. The Bertz CT molecular complexity index is 629. The van der Waals surface area contributed by atoms with Gasteiger partial charge in [-0.2, -0.15) is 5.10 Å². The number of aryl methyl sites for hydroxylation is 1. The molecule has 0 saturated heterocycles. The molecule has 1 heterocycles. The van der Waals surface area contributed by atoms with Crippen molar-refractivity contribution in [2.24, 2.45) is 5.73 Å². The van der Waals surface area contributed by atoms with Gasteiger partial charge >= 0.3 is 0 Å². The third-order valence-electron chi connectivity index (χ3n) is 3.22. The largest absolute Gasteiger partial charge is 0.324 e. The number of amides is 1. The number of nitrogens with two attached hydrogens (primary N) is 1. The number of nitrogens with one attached hydrogen (secondary N) is 2. The van der Waals surface area contributed by atoms with Crippen molar-refractivity contribution in [3.63, 3.8) is 0 Å². The fourth-order valence-electron chi connectivity index (χ4n) is 1.83. The summed E-state index contributed by atoms with van der Waals surface area (Å²) in [5.41, 5.74) is 6.74. The van der Waals surface area contributed by atoms with Gasteiger partial charge in [-0.1, -0.05) is 12.1 Å². The molecule has 1 amide bonds. The van der Waals surface area contributed by atoms with Crippen LogP contribution in [-0.2, 0) is 4.79 Å². The zero-order valence-electron chi connectivity index (χ0n) is 10.6. The molecule has 0 atom stereocenters. The topological polar surface area (TPSA) is 96.7 Å². The molecule has 2 aromatic rings. The second-order valence-corrected chi connectivity index (χ2v) is 4.94. The smallest absolute Gasteiger partial charge is 0.244 e. The number of H-pyrrole nitrogens is 1. The van der Waals surface area contributed by atoms with Crippen molar-refractivity contribution in [1.82, 2.24) is 15.2 Å². The van der Waals surface area contributed by atoms with Crippen molar-refractivity contribution in [3.8, 4) is 11.4 Å². The number of rotatable bonds is 3. The van der Waals surface area contributed by atoms with Crippen LogP contribution in [0.3, 0.4) is 0 Å². The molecule has 19 heavy (non-hydrogen) atoms. The third-order valence-corrected chi connectivity index (χ3v) is 3.22. The zero-order valence-corrected chi connectivity index (χ0v) is 10.6. The van der Waals surface area contributed by atoms with Gasteiger partial charge in [-0.05, 0) is 31.9 Å². The Balaban J connectivity index is 1.82. The number of hydrogen-bond acceptors (Lipinski definition) is 4. The fourth-order valence-corrected chi connectivity index (χ4v) is 1.83. The highest BCUT2D eigenvalue weighted by atomic mass is 16.2. The number of anilines is 1. The summed E-state index contributed by atoms with van der Waals surface area (Å²) in [6.45, 7) is 1.84. The van der Waals surface area contributed by atoms with Crippen molar-refractivity contribution < 1.29 is 4.79 Å². The van der Waals surface area contributed by atoms with Crippen molar-refractivity contribution in [2.75, 3.05) is 5.32 Å². The van der Waals surface area contributed by atoms with E-state index in [9.17, 15) is 4.79 Å². The molecule has 1 aliphatic carbocycles. The van der Waals surface area contributed by atoms with E-state index in [1.807, 2.05) is 31.2 Å². The molecule has 1 aromatic carbocycles. The summed E-state index contributed by atoms with van der Waals surface area (Å²) in [5.74, 6) is 1.24. The van der Waals surface area contributed by atoms with Crippen LogP contribution in [0.1, 0.15) is 18.7 Å². The predicted octanol–water partition coefficient (Wildman–Crippen LogP) is 1.21. The van der Waals surface area contributed by atoms with Crippen LogP contribution in [-0.4, -0.2) is 26.6 Å². The van der Waals surface area contributed by atoms with Crippen LogP contribution in [0.4, 0.5) is 5.69 Å². The quantitative estimate of drug-likeness (QED) is 0.770. The number of hydrogen-bond donors (Lipinski definition) is 3. The molecule has 0 spiro atoms. The average molecular weight is 257 g/mol. The molecule has 1 aromatic heterocycles. The Kier molecular flexibility index (Phi) is 2.60. The van der Waals surface area contributed by atoms with Gasteiger partial charge in [-0.15, -0.1) is 0 Å². The van der Waals surface area contributed by atoms with Crippen LogP contribution in [0, 0.1) is 6.92 Å². The van der Waals surface area contributed by atoms with Crippen molar-refractivity contribution in [3.05, 3.63) is 30.1 Å². The van der Waals surface area contributed by atoms with Crippen LogP contribution >= 0.6 is 0 Å². The summed E-state index contributed by atoms with van der Waals surface area (Å²) in [6, 6.07) is 7.42. The molecule has 3 rings (SSSR count). The maximum absolute atomic E-state index is 11.9.